The lowest BCUT2D eigenvalue weighted by molar-refractivity contribution is -0.142. The summed E-state index contributed by atoms with van der Waals surface area (Å²) in [5.41, 5.74) is -0.298. The van der Waals surface area contributed by atoms with Crippen LogP contribution in [0.2, 0.25) is 0 Å². The smallest absolute Gasteiger partial charge is 0.334 e. The first kappa shape index (κ1) is 14.8. The van der Waals surface area contributed by atoms with Gasteiger partial charge in [0, 0.05) is 11.8 Å². The third-order valence-corrected chi connectivity index (χ3v) is 5.47. The maximum atomic E-state index is 12.3. The number of hydrogen-bond donors (Lipinski definition) is 0. The average molecular weight is 305 g/mol. The molecule has 4 aliphatic rings. The highest BCUT2D eigenvalue weighted by atomic mass is 16.5. The monoisotopic (exact) mass is 305 g/mol. The molecule has 3 aliphatic carbocycles. The zero-order chi connectivity index (χ0) is 16.3. The second-order valence-corrected chi connectivity index (χ2v) is 6.12. The van der Waals surface area contributed by atoms with Crippen molar-refractivity contribution in [3.8, 4) is 0 Å². The Bertz CT molecular complexity index is 661. The van der Waals surface area contributed by atoms with E-state index >= 15 is 0 Å². The number of rotatable bonds is 2. The zero-order valence-corrected chi connectivity index (χ0v) is 13.3. The van der Waals surface area contributed by atoms with Gasteiger partial charge in [0.25, 0.3) is 0 Å². The molecule has 0 saturated heterocycles. The molecular formula is C16H19NO5. The molecule has 0 amide bonds. The molecule has 22 heavy (non-hydrogen) atoms. The molecule has 0 radical (unpaired) electrons. The van der Waals surface area contributed by atoms with Gasteiger partial charge >= 0.3 is 11.9 Å². The van der Waals surface area contributed by atoms with Crippen molar-refractivity contribution in [2.45, 2.75) is 19.4 Å². The number of carbonyl (C=O) groups is 2. The molecule has 6 nitrogen and oxygen atoms in total. The van der Waals surface area contributed by atoms with Crippen molar-refractivity contribution >= 4 is 17.8 Å². The van der Waals surface area contributed by atoms with E-state index in [0.717, 1.165) is 0 Å². The lowest BCUT2D eigenvalue weighted by Crippen LogP contribution is -2.69. The predicted octanol–water partition coefficient (Wildman–Crippen LogP) is 1.27. The van der Waals surface area contributed by atoms with Crippen molar-refractivity contribution in [3.63, 3.8) is 0 Å². The van der Waals surface area contributed by atoms with Gasteiger partial charge in [0.1, 0.15) is 0 Å². The van der Waals surface area contributed by atoms with Crippen molar-refractivity contribution in [2.75, 3.05) is 21.3 Å². The summed E-state index contributed by atoms with van der Waals surface area (Å²) in [6, 6.07) is 0. The van der Waals surface area contributed by atoms with Gasteiger partial charge in [0.15, 0.2) is 5.90 Å². The number of nitrogens with zero attached hydrogens (tertiary/aromatic N) is 1. The summed E-state index contributed by atoms with van der Waals surface area (Å²) in [5, 5.41) is 0. The molecular weight excluding hydrogens is 286 g/mol. The molecule has 4 rings (SSSR count). The van der Waals surface area contributed by atoms with Crippen molar-refractivity contribution in [1.29, 1.82) is 0 Å². The first-order valence-corrected chi connectivity index (χ1v) is 7.10. The fourth-order valence-corrected chi connectivity index (χ4v) is 4.10. The number of allylic oxidation sites excluding steroid dienone is 1. The van der Waals surface area contributed by atoms with E-state index in [4.69, 9.17) is 14.2 Å². The number of carbonyl (C=O) groups excluding carboxylic acids is 2. The summed E-state index contributed by atoms with van der Waals surface area (Å²) < 4.78 is 15.2. The highest BCUT2D eigenvalue weighted by Gasteiger charge is 2.71. The van der Waals surface area contributed by atoms with Crippen molar-refractivity contribution in [1.82, 2.24) is 0 Å². The van der Waals surface area contributed by atoms with Crippen LogP contribution in [0.4, 0.5) is 0 Å². The van der Waals surface area contributed by atoms with Crippen LogP contribution in [0.5, 0.6) is 0 Å². The van der Waals surface area contributed by atoms with E-state index in [1.807, 2.05) is 26.0 Å². The van der Waals surface area contributed by atoms with Gasteiger partial charge in [-0.05, 0) is 13.8 Å². The third kappa shape index (κ3) is 1.38. The van der Waals surface area contributed by atoms with Crippen molar-refractivity contribution < 1.29 is 23.8 Å². The molecule has 118 valence electrons. The summed E-state index contributed by atoms with van der Waals surface area (Å²) in [6.07, 6.45) is 3.87. The Morgan fingerprint density at radius 2 is 1.50 bits per heavy atom. The minimum atomic E-state index is -0.529. The van der Waals surface area contributed by atoms with E-state index in [9.17, 15) is 9.59 Å². The molecule has 1 heterocycles. The largest absolute Gasteiger partial charge is 0.484 e. The van der Waals surface area contributed by atoms with Crippen molar-refractivity contribution in [3.05, 3.63) is 23.3 Å². The molecule has 0 spiro atoms. The van der Waals surface area contributed by atoms with Crippen LogP contribution in [-0.4, -0.2) is 44.7 Å². The van der Waals surface area contributed by atoms with Crippen LogP contribution in [0.3, 0.4) is 0 Å². The van der Waals surface area contributed by atoms with Crippen LogP contribution in [0.15, 0.2) is 28.3 Å². The normalized spacial score (nSPS) is 38.0. The second-order valence-electron chi connectivity index (χ2n) is 6.12. The third-order valence-electron chi connectivity index (χ3n) is 5.47. The quantitative estimate of drug-likeness (QED) is 0.567. The van der Waals surface area contributed by atoms with E-state index in [0.29, 0.717) is 17.0 Å². The van der Waals surface area contributed by atoms with Gasteiger partial charge in [-0.25, -0.2) is 14.6 Å². The van der Waals surface area contributed by atoms with Gasteiger partial charge in [-0.3, -0.25) is 0 Å². The van der Waals surface area contributed by atoms with E-state index in [1.165, 1.54) is 14.2 Å². The van der Waals surface area contributed by atoms with Gasteiger partial charge in [-0.2, -0.15) is 0 Å². The molecule has 0 unspecified atom stereocenters. The van der Waals surface area contributed by atoms with Crippen LogP contribution in [0.1, 0.15) is 13.8 Å². The maximum absolute atomic E-state index is 12.3. The Morgan fingerprint density at radius 3 is 2.00 bits per heavy atom. The van der Waals surface area contributed by atoms with E-state index in [-0.39, 0.29) is 11.8 Å². The fraction of sp³-hybridized carbons (Fsp3) is 0.562. The molecule has 6 heteroatoms. The summed E-state index contributed by atoms with van der Waals surface area (Å²) in [5.74, 6) is -1.08. The van der Waals surface area contributed by atoms with Gasteiger partial charge in [-0.1, -0.05) is 12.2 Å². The summed E-state index contributed by atoms with van der Waals surface area (Å²) >= 11 is 0. The van der Waals surface area contributed by atoms with E-state index in [1.54, 1.807) is 7.11 Å². The Morgan fingerprint density at radius 1 is 1.00 bits per heavy atom. The molecule has 2 bridgehead atoms. The molecule has 0 aromatic carbocycles. The lowest BCUT2D eigenvalue weighted by Gasteiger charge is -2.62. The number of aliphatic imine (C=N–C) groups is 1. The molecule has 0 aromatic rings. The van der Waals surface area contributed by atoms with Gasteiger partial charge in [-0.15, -0.1) is 0 Å². The maximum Gasteiger partial charge on any atom is 0.334 e. The zero-order valence-electron chi connectivity index (χ0n) is 13.3. The van der Waals surface area contributed by atoms with Crippen LogP contribution in [-0.2, 0) is 23.8 Å². The number of methoxy groups -OCH3 is 3. The van der Waals surface area contributed by atoms with Gasteiger partial charge < -0.3 is 14.2 Å². The molecule has 1 aliphatic heterocycles. The molecule has 0 saturated carbocycles. The Balaban J connectivity index is 2.23. The van der Waals surface area contributed by atoms with Gasteiger partial charge in [0.2, 0.25) is 0 Å². The molecule has 0 fully saturated rings. The summed E-state index contributed by atoms with van der Waals surface area (Å²) in [6.45, 7) is 3.99. The Hall–Kier alpha value is -2.11. The van der Waals surface area contributed by atoms with Crippen LogP contribution < -0.4 is 0 Å². The standard InChI is InChI=1S/C16H19NO5/c1-15-8-6-7-9(16(15,2)17-14(15)22-5)11(13(19)21-4)10(8)12(18)20-3/h6-9H,1-5H3/t8-,9-,15+,16+/m1/s1. The van der Waals surface area contributed by atoms with Gasteiger partial charge in [0.05, 0.1) is 43.4 Å². The topological polar surface area (TPSA) is 74.2 Å². The van der Waals surface area contributed by atoms with Crippen LogP contribution in [0.25, 0.3) is 0 Å². The minimum Gasteiger partial charge on any atom is -0.484 e. The minimum absolute atomic E-state index is 0.323. The second kappa shape index (κ2) is 4.44. The fourth-order valence-electron chi connectivity index (χ4n) is 4.10. The Kier molecular flexibility index (Phi) is 2.99. The lowest BCUT2D eigenvalue weighted by atomic mass is 9.45. The highest BCUT2D eigenvalue weighted by molar-refractivity contribution is 6.06. The number of esters is 2. The van der Waals surface area contributed by atoms with E-state index in [2.05, 4.69) is 4.99 Å². The van der Waals surface area contributed by atoms with Crippen LogP contribution in [0, 0.1) is 17.3 Å². The SMILES string of the molecule is COC(=O)C1=C(C(=O)OC)[C@H]2C=C[C@H]1[C@]1(C)N=C(OC)[C@]21C. The van der Waals surface area contributed by atoms with E-state index < -0.39 is 22.9 Å². The Labute approximate surface area is 128 Å². The van der Waals surface area contributed by atoms with Crippen LogP contribution >= 0.6 is 0 Å². The molecule has 0 aromatic heterocycles. The molecule has 0 N–H and O–H groups in total. The number of hydrogen-bond acceptors (Lipinski definition) is 6. The van der Waals surface area contributed by atoms with Crippen molar-refractivity contribution in [2.24, 2.45) is 22.2 Å². The number of ether oxygens (including phenoxy) is 3. The molecule has 4 atom stereocenters. The highest BCUT2D eigenvalue weighted by Crippen LogP contribution is 2.64. The summed E-state index contributed by atoms with van der Waals surface area (Å²) in [4.78, 5) is 29.1. The first-order valence-electron chi connectivity index (χ1n) is 7.10. The summed E-state index contributed by atoms with van der Waals surface area (Å²) in [7, 11) is 4.19. The first-order chi connectivity index (χ1) is 10.4. The average Bonchev–Trinajstić information content (AvgIpc) is 2.54. The predicted molar refractivity (Wildman–Crippen MR) is 78.1 cm³/mol.